The molecule has 1 N–H and O–H groups in total. The average Bonchev–Trinajstić information content (AvgIpc) is 2.80. The van der Waals surface area contributed by atoms with E-state index in [1.807, 2.05) is 10.2 Å². The van der Waals surface area contributed by atoms with E-state index < -0.39 is 18.1 Å². The number of oxazole rings is 1. The minimum Gasteiger partial charge on any atom is -0.423 e. The van der Waals surface area contributed by atoms with Crippen molar-refractivity contribution in [3.8, 4) is 0 Å². The van der Waals surface area contributed by atoms with Gasteiger partial charge in [0.05, 0.1) is 0 Å². The Morgan fingerprint density at radius 2 is 2.08 bits per heavy atom. The van der Waals surface area contributed by atoms with Crippen molar-refractivity contribution in [1.82, 2.24) is 10.3 Å². The number of rotatable bonds is 2. The highest BCUT2D eigenvalue weighted by Crippen LogP contribution is 2.49. The minimum atomic E-state index is -4.83. The second kappa shape index (κ2) is 5.02. The molecule has 9 heteroatoms. The summed E-state index contributed by atoms with van der Waals surface area (Å²) in [5.41, 5.74) is 1.25. The number of benzene rings is 1. The van der Waals surface area contributed by atoms with Crippen LogP contribution in [0, 0.1) is 5.41 Å². The molecule has 1 spiro atoms. The number of nitrogens with one attached hydrogen (secondary N) is 1. The Bertz CT molecular complexity index is 806. The van der Waals surface area contributed by atoms with E-state index in [1.54, 1.807) is 18.2 Å². The molecule has 1 saturated carbocycles. The van der Waals surface area contributed by atoms with Gasteiger partial charge in [0.2, 0.25) is 0 Å². The Morgan fingerprint density at radius 3 is 2.75 bits per heavy atom. The topological polar surface area (TPSA) is 58.4 Å². The van der Waals surface area contributed by atoms with Gasteiger partial charge in [-0.1, -0.05) is 11.6 Å². The van der Waals surface area contributed by atoms with E-state index in [9.17, 15) is 18.0 Å². The highest BCUT2D eigenvalue weighted by Gasteiger charge is 2.55. The number of fused-ring (bicyclic) bond motifs is 1. The Hall–Kier alpha value is -1.96. The lowest BCUT2D eigenvalue weighted by molar-refractivity contribution is -0.176. The van der Waals surface area contributed by atoms with E-state index in [2.05, 4.69) is 4.98 Å². The SMILES string of the molecule is O=C(NC1CC2(C1)CN(c1nc3cc(Cl)ccc3o1)C2)C(F)(F)F. The number of aromatic nitrogens is 1. The summed E-state index contributed by atoms with van der Waals surface area (Å²) in [4.78, 5) is 17.2. The fourth-order valence-electron chi connectivity index (χ4n) is 3.54. The van der Waals surface area contributed by atoms with Crippen molar-refractivity contribution in [2.24, 2.45) is 5.41 Å². The quantitative estimate of drug-likeness (QED) is 0.895. The predicted molar refractivity (Wildman–Crippen MR) is 80.9 cm³/mol. The summed E-state index contributed by atoms with van der Waals surface area (Å²) in [5.74, 6) is -1.87. The Balaban J connectivity index is 1.34. The van der Waals surface area contributed by atoms with Crippen molar-refractivity contribution in [3.05, 3.63) is 23.2 Å². The molecular formula is C15H13ClF3N3O2. The number of hydrogen-bond donors (Lipinski definition) is 1. The van der Waals surface area contributed by atoms with Crippen LogP contribution in [-0.2, 0) is 4.79 Å². The largest absolute Gasteiger partial charge is 0.471 e. The number of nitrogens with zero attached hydrogens (tertiary/aromatic N) is 2. The highest BCUT2D eigenvalue weighted by molar-refractivity contribution is 6.31. The fraction of sp³-hybridized carbons (Fsp3) is 0.467. The standard InChI is InChI=1S/C15H13ClF3N3O2/c16-8-1-2-11-10(3-8)21-13(24-11)22-6-14(7-22)4-9(5-14)20-12(23)15(17,18)19/h1-3,9H,4-7H2,(H,20,23). The normalized spacial score (nSPS) is 20.1. The lowest BCUT2D eigenvalue weighted by atomic mass is 9.61. The van der Waals surface area contributed by atoms with Gasteiger partial charge in [-0.15, -0.1) is 0 Å². The van der Waals surface area contributed by atoms with E-state index in [-0.39, 0.29) is 5.41 Å². The second-order valence-corrected chi connectivity index (χ2v) is 6.98. The summed E-state index contributed by atoms with van der Waals surface area (Å²) in [7, 11) is 0. The van der Waals surface area contributed by atoms with Crippen LogP contribution in [0.4, 0.5) is 19.2 Å². The van der Waals surface area contributed by atoms with E-state index in [1.165, 1.54) is 0 Å². The molecule has 2 heterocycles. The molecule has 1 aromatic heterocycles. The summed E-state index contributed by atoms with van der Waals surface area (Å²) in [6, 6.07) is 5.25. The van der Waals surface area contributed by atoms with Crippen LogP contribution in [0.1, 0.15) is 12.8 Å². The Labute approximate surface area is 139 Å². The van der Waals surface area contributed by atoms with Gasteiger partial charge in [0.15, 0.2) is 5.58 Å². The number of anilines is 1. The highest BCUT2D eigenvalue weighted by atomic mass is 35.5. The molecule has 0 atom stereocenters. The van der Waals surface area contributed by atoms with Gasteiger partial charge in [0.25, 0.3) is 6.01 Å². The first-order chi connectivity index (χ1) is 11.2. The van der Waals surface area contributed by atoms with Crippen LogP contribution in [0.2, 0.25) is 5.02 Å². The molecule has 1 amide bonds. The predicted octanol–water partition coefficient (Wildman–Crippen LogP) is 3.13. The van der Waals surface area contributed by atoms with Crippen LogP contribution >= 0.6 is 11.6 Å². The van der Waals surface area contributed by atoms with Gasteiger partial charge in [0.1, 0.15) is 5.52 Å². The molecule has 0 bridgehead atoms. The molecular weight excluding hydrogens is 347 g/mol. The van der Waals surface area contributed by atoms with Gasteiger partial charge in [-0.3, -0.25) is 4.79 Å². The zero-order chi connectivity index (χ0) is 17.1. The van der Waals surface area contributed by atoms with Crippen molar-refractivity contribution in [2.45, 2.75) is 25.1 Å². The van der Waals surface area contributed by atoms with Crippen LogP contribution in [-0.4, -0.2) is 36.2 Å². The molecule has 1 saturated heterocycles. The lowest BCUT2D eigenvalue weighted by Gasteiger charge is -2.58. The number of carbonyl (C=O) groups is 1. The van der Waals surface area contributed by atoms with Crippen LogP contribution in [0.5, 0.6) is 0 Å². The van der Waals surface area contributed by atoms with Gasteiger partial charge < -0.3 is 14.6 Å². The maximum absolute atomic E-state index is 12.2. The molecule has 24 heavy (non-hydrogen) atoms. The third-order valence-corrected chi connectivity index (χ3v) is 4.85. The van der Waals surface area contributed by atoms with Crippen LogP contribution in [0.15, 0.2) is 22.6 Å². The van der Waals surface area contributed by atoms with Crippen LogP contribution in [0.25, 0.3) is 11.1 Å². The maximum atomic E-state index is 12.2. The van der Waals surface area contributed by atoms with E-state index in [0.29, 0.717) is 48.1 Å². The molecule has 2 aromatic rings. The molecule has 1 aromatic carbocycles. The summed E-state index contributed by atoms with van der Waals surface area (Å²) in [6.45, 7) is 1.32. The smallest absolute Gasteiger partial charge is 0.423 e. The first-order valence-electron chi connectivity index (χ1n) is 7.43. The average molecular weight is 360 g/mol. The first kappa shape index (κ1) is 15.6. The molecule has 0 radical (unpaired) electrons. The van der Waals surface area contributed by atoms with Crippen molar-refractivity contribution in [1.29, 1.82) is 0 Å². The molecule has 4 rings (SSSR count). The molecule has 2 fully saturated rings. The van der Waals surface area contributed by atoms with E-state index >= 15 is 0 Å². The van der Waals surface area contributed by atoms with Crippen molar-refractivity contribution in [2.75, 3.05) is 18.0 Å². The van der Waals surface area contributed by atoms with Crippen molar-refractivity contribution in [3.63, 3.8) is 0 Å². The maximum Gasteiger partial charge on any atom is 0.471 e. The van der Waals surface area contributed by atoms with Gasteiger partial charge in [0, 0.05) is 29.6 Å². The van der Waals surface area contributed by atoms with Crippen molar-refractivity contribution < 1.29 is 22.4 Å². The Kier molecular flexibility index (Phi) is 3.25. The Morgan fingerprint density at radius 1 is 1.38 bits per heavy atom. The monoisotopic (exact) mass is 359 g/mol. The zero-order valence-corrected chi connectivity index (χ0v) is 13.1. The molecule has 0 unspecified atom stereocenters. The molecule has 5 nitrogen and oxygen atoms in total. The molecule has 1 aliphatic heterocycles. The molecule has 2 aliphatic rings. The fourth-order valence-corrected chi connectivity index (χ4v) is 3.70. The number of alkyl halides is 3. The lowest BCUT2D eigenvalue weighted by Crippen LogP contribution is -2.67. The minimum absolute atomic E-state index is 0.0537. The van der Waals surface area contributed by atoms with Crippen LogP contribution in [0.3, 0.4) is 0 Å². The number of carbonyl (C=O) groups excluding carboxylic acids is 1. The summed E-state index contributed by atoms with van der Waals surface area (Å²) < 4.78 is 42.3. The number of hydrogen-bond acceptors (Lipinski definition) is 4. The van der Waals surface area contributed by atoms with Gasteiger partial charge in [-0.25, -0.2) is 0 Å². The van der Waals surface area contributed by atoms with Gasteiger partial charge in [-0.05, 0) is 31.0 Å². The molecule has 128 valence electrons. The zero-order valence-electron chi connectivity index (χ0n) is 12.4. The third-order valence-electron chi connectivity index (χ3n) is 4.61. The third kappa shape index (κ3) is 2.58. The van der Waals surface area contributed by atoms with Gasteiger partial charge >= 0.3 is 12.1 Å². The number of halogens is 4. The summed E-state index contributed by atoms with van der Waals surface area (Å²) in [5, 5.41) is 2.60. The van der Waals surface area contributed by atoms with Crippen LogP contribution < -0.4 is 10.2 Å². The first-order valence-corrected chi connectivity index (χ1v) is 7.81. The second-order valence-electron chi connectivity index (χ2n) is 6.54. The number of amides is 1. The van der Waals surface area contributed by atoms with E-state index in [0.717, 1.165) is 0 Å². The summed E-state index contributed by atoms with van der Waals surface area (Å²) in [6.07, 6.45) is -3.75. The van der Waals surface area contributed by atoms with Crippen molar-refractivity contribution >= 4 is 34.6 Å². The molecule has 1 aliphatic carbocycles. The summed E-state index contributed by atoms with van der Waals surface area (Å²) >= 11 is 5.91. The van der Waals surface area contributed by atoms with Gasteiger partial charge in [-0.2, -0.15) is 18.2 Å². The van der Waals surface area contributed by atoms with E-state index in [4.69, 9.17) is 16.0 Å².